The Bertz CT molecular complexity index is 851. The topological polar surface area (TPSA) is 84.9 Å². The van der Waals surface area contributed by atoms with Crippen LogP contribution in [0.2, 0.25) is 0 Å². The fourth-order valence-corrected chi connectivity index (χ4v) is 3.41. The van der Waals surface area contributed by atoms with Gasteiger partial charge in [0.15, 0.2) is 17.2 Å². The number of methoxy groups -OCH3 is 1. The summed E-state index contributed by atoms with van der Waals surface area (Å²) in [6.45, 7) is 2.03. The molecule has 0 radical (unpaired) electrons. The summed E-state index contributed by atoms with van der Waals surface area (Å²) in [6.07, 6.45) is 2.17. The van der Waals surface area contributed by atoms with Crippen LogP contribution in [0.1, 0.15) is 34.8 Å². The van der Waals surface area contributed by atoms with Gasteiger partial charge in [-0.15, -0.1) is 0 Å². The Hall–Kier alpha value is -2.54. The molecule has 0 aliphatic carbocycles. The standard InChI is InChI=1S/C20H22BrNO5/c1-4-5-14-19(21)13(10-18(24)25)9-17(26-3)20(14)27-16-7-6-12(11-23)8-15(16)22-2/h6-9,11,22H,4-5,10H2,1-3H3,(H,24,25). The van der Waals surface area contributed by atoms with Crippen molar-refractivity contribution in [3.63, 3.8) is 0 Å². The summed E-state index contributed by atoms with van der Waals surface area (Å²) in [5, 5.41) is 12.2. The molecule has 2 aromatic carbocycles. The number of hydrogen-bond acceptors (Lipinski definition) is 5. The fraction of sp³-hybridized carbons (Fsp3) is 0.300. The molecule has 144 valence electrons. The predicted octanol–water partition coefficient (Wildman–Crippen LogP) is 4.68. The Morgan fingerprint density at radius 3 is 2.59 bits per heavy atom. The molecule has 7 heteroatoms. The average Bonchev–Trinajstić information content (AvgIpc) is 2.66. The highest BCUT2D eigenvalue weighted by atomic mass is 79.9. The maximum absolute atomic E-state index is 11.2. The number of carbonyl (C=O) groups excluding carboxylic acids is 1. The molecule has 0 fully saturated rings. The van der Waals surface area contributed by atoms with Gasteiger partial charge in [-0.2, -0.15) is 0 Å². The fourth-order valence-electron chi connectivity index (χ4n) is 2.77. The van der Waals surface area contributed by atoms with Crippen molar-refractivity contribution in [1.82, 2.24) is 0 Å². The van der Waals surface area contributed by atoms with Gasteiger partial charge in [0.2, 0.25) is 0 Å². The van der Waals surface area contributed by atoms with E-state index in [-0.39, 0.29) is 6.42 Å². The third-order valence-corrected chi connectivity index (χ3v) is 5.02. The maximum atomic E-state index is 11.2. The van der Waals surface area contributed by atoms with Crippen molar-refractivity contribution in [2.45, 2.75) is 26.2 Å². The predicted molar refractivity (Wildman–Crippen MR) is 107 cm³/mol. The van der Waals surface area contributed by atoms with E-state index in [4.69, 9.17) is 14.6 Å². The first-order chi connectivity index (χ1) is 12.9. The number of hydrogen-bond donors (Lipinski definition) is 2. The lowest BCUT2D eigenvalue weighted by Gasteiger charge is -2.20. The minimum Gasteiger partial charge on any atom is -0.493 e. The molecular weight excluding hydrogens is 414 g/mol. The van der Waals surface area contributed by atoms with Crippen LogP contribution in [0.5, 0.6) is 17.2 Å². The van der Waals surface area contributed by atoms with E-state index < -0.39 is 5.97 Å². The molecule has 0 aromatic heterocycles. The van der Waals surface area contributed by atoms with Crippen molar-refractivity contribution in [2.24, 2.45) is 0 Å². The van der Waals surface area contributed by atoms with Crippen LogP contribution in [-0.4, -0.2) is 31.5 Å². The number of ether oxygens (including phenoxy) is 2. The second kappa shape index (κ2) is 9.41. The number of aldehydes is 1. The van der Waals surface area contributed by atoms with Gasteiger partial charge in [0.1, 0.15) is 6.29 Å². The van der Waals surface area contributed by atoms with E-state index in [1.54, 1.807) is 31.3 Å². The summed E-state index contributed by atoms with van der Waals surface area (Å²) in [5.41, 5.74) is 2.66. The molecule has 0 bridgehead atoms. The zero-order valence-corrected chi connectivity index (χ0v) is 17.1. The SMILES string of the molecule is CCCc1c(Br)c(CC(=O)O)cc(OC)c1Oc1ccc(C=O)cc1NC. The molecule has 2 N–H and O–H groups in total. The van der Waals surface area contributed by atoms with Gasteiger partial charge >= 0.3 is 5.97 Å². The lowest BCUT2D eigenvalue weighted by Crippen LogP contribution is -2.06. The van der Waals surface area contributed by atoms with Gasteiger partial charge in [-0.25, -0.2) is 0 Å². The van der Waals surface area contributed by atoms with E-state index >= 15 is 0 Å². The zero-order valence-electron chi connectivity index (χ0n) is 15.5. The Morgan fingerprint density at radius 2 is 2.04 bits per heavy atom. The van der Waals surface area contributed by atoms with E-state index in [9.17, 15) is 9.59 Å². The summed E-state index contributed by atoms with van der Waals surface area (Å²) in [7, 11) is 3.26. The Kier molecular flexibility index (Phi) is 7.24. The van der Waals surface area contributed by atoms with E-state index in [2.05, 4.69) is 21.2 Å². The molecule has 27 heavy (non-hydrogen) atoms. The number of nitrogens with one attached hydrogen (secondary N) is 1. The number of carboxylic acids is 1. The van der Waals surface area contributed by atoms with Crippen molar-refractivity contribution in [3.05, 3.63) is 45.4 Å². The van der Waals surface area contributed by atoms with Crippen molar-refractivity contribution in [1.29, 1.82) is 0 Å². The molecule has 2 aromatic rings. The van der Waals surface area contributed by atoms with Gasteiger partial charge < -0.3 is 19.9 Å². The molecular formula is C20H22BrNO5. The highest BCUT2D eigenvalue weighted by Gasteiger charge is 2.21. The number of carboxylic acid groups (broad SMARTS) is 1. The lowest BCUT2D eigenvalue weighted by atomic mass is 10.0. The number of aliphatic carboxylic acids is 1. The molecule has 0 saturated heterocycles. The molecule has 6 nitrogen and oxygen atoms in total. The average molecular weight is 436 g/mol. The first kappa shape index (κ1) is 20.8. The van der Waals surface area contributed by atoms with Gasteiger partial charge in [-0.3, -0.25) is 9.59 Å². The van der Waals surface area contributed by atoms with Gasteiger partial charge in [-0.1, -0.05) is 29.3 Å². The second-order valence-electron chi connectivity index (χ2n) is 5.91. The third kappa shape index (κ3) is 4.80. The third-order valence-electron chi connectivity index (χ3n) is 4.03. The Balaban J connectivity index is 2.59. The lowest BCUT2D eigenvalue weighted by molar-refractivity contribution is -0.136. The maximum Gasteiger partial charge on any atom is 0.307 e. The summed E-state index contributed by atoms with van der Waals surface area (Å²) in [4.78, 5) is 22.2. The van der Waals surface area contributed by atoms with Crippen molar-refractivity contribution in [3.8, 4) is 17.2 Å². The molecule has 0 atom stereocenters. The van der Waals surface area contributed by atoms with Crippen LogP contribution in [0.15, 0.2) is 28.7 Å². The first-order valence-electron chi connectivity index (χ1n) is 8.49. The largest absolute Gasteiger partial charge is 0.493 e. The Morgan fingerprint density at radius 1 is 1.30 bits per heavy atom. The number of halogens is 1. The van der Waals surface area contributed by atoms with Gasteiger partial charge in [0.05, 0.1) is 19.2 Å². The number of anilines is 1. The molecule has 0 aliphatic heterocycles. The summed E-state index contributed by atoms with van der Waals surface area (Å²) >= 11 is 3.54. The first-order valence-corrected chi connectivity index (χ1v) is 9.29. The van der Waals surface area contributed by atoms with Crippen LogP contribution in [-0.2, 0) is 17.6 Å². The molecule has 0 heterocycles. The van der Waals surface area contributed by atoms with Gasteiger partial charge in [0, 0.05) is 22.6 Å². The smallest absolute Gasteiger partial charge is 0.307 e. The van der Waals surface area contributed by atoms with E-state index in [1.165, 1.54) is 7.11 Å². The van der Waals surface area contributed by atoms with Crippen molar-refractivity contribution < 1.29 is 24.2 Å². The second-order valence-corrected chi connectivity index (χ2v) is 6.70. The summed E-state index contributed by atoms with van der Waals surface area (Å²) in [5.74, 6) is 0.600. The van der Waals surface area contributed by atoms with Gasteiger partial charge in [0.25, 0.3) is 0 Å². The number of carbonyl (C=O) groups is 2. The van der Waals surface area contributed by atoms with E-state index in [0.717, 1.165) is 18.3 Å². The van der Waals surface area contributed by atoms with Crippen LogP contribution in [0.3, 0.4) is 0 Å². The molecule has 2 rings (SSSR count). The molecule has 0 spiro atoms. The highest BCUT2D eigenvalue weighted by molar-refractivity contribution is 9.10. The number of benzene rings is 2. The minimum absolute atomic E-state index is 0.121. The molecule has 0 amide bonds. The quantitative estimate of drug-likeness (QED) is 0.556. The zero-order chi connectivity index (χ0) is 20.0. The molecule has 0 unspecified atom stereocenters. The normalized spacial score (nSPS) is 10.4. The summed E-state index contributed by atoms with van der Waals surface area (Å²) < 4.78 is 12.4. The van der Waals surface area contributed by atoms with Crippen LogP contribution in [0, 0.1) is 0 Å². The minimum atomic E-state index is -0.921. The summed E-state index contributed by atoms with van der Waals surface area (Å²) in [6, 6.07) is 6.75. The highest BCUT2D eigenvalue weighted by Crippen LogP contribution is 2.43. The van der Waals surface area contributed by atoms with Crippen LogP contribution >= 0.6 is 15.9 Å². The van der Waals surface area contributed by atoms with Crippen LogP contribution in [0.4, 0.5) is 5.69 Å². The molecule has 0 aliphatic rings. The Labute approximate surface area is 166 Å². The van der Waals surface area contributed by atoms with Crippen LogP contribution < -0.4 is 14.8 Å². The van der Waals surface area contributed by atoms with Gasteiger partial charge in [-0.05, 0) is 36.2 Å². The van der Waals surface area contributed by atoms with E-state index in [0.29, 0.717) is 45.0 Å². The molecule has 0 saturated carbocycles. The van der Waals surface area contributed by atoms with E-state index in [1.807, 2.05) is 6.92 Å². The monoisotopic (exact) mass is 435 g/mol. The van der Waals surface area contributed by atoms with Crippen molar-refractivity contribution >= 4 is 33.9 Å². The number of rotatable bonds is 9. The van der Waals surface area contributed by atoms with Crippen LogP contribution in [0.25, 0.3) is 0 Å². The van der Waals surface area contributed by atoms with Crippen molar-refractivity contribution in [2.75, 3.05) is 19.5 Å².